The van der Waals surface area contributed by atoms with E-state index in [1.54, 1.807) is 22.7 Å². The average molecular weight is 328 g/mol. The van der Waals surface area contributed by atoms with Gasteiger partial charge in [-0.2, -0.15) is 0 Å². The Balaban J connectivity index is 1.48. The van der Waals surface area contributed by atoms with Gasteiger partial charge < -0.3 is 4.74 Å². The van der Waals surface area contributed by atoms with Gasteiger partial charge in [0.25, 0.3) is 0 Å². The van der Waals surface area contributed by atoms with E-state index in [1.165, 1.54) is 9.75 Å². The van der Waals surface area contributed by atoms with Crippen LogP contribution < -0.4 is 4.74 Å². The zero-order chi connectivity index (χ0) is 15.2. The summed E-state index contributed by atoms with van der Waals surface area (Å²) in [5.74, 6) is 1.05. The topological polar surface area (TPSA) is 26.3 Å². The molecule has 0 saturated carbocycles. The summed E-state index contributed by atoms with van der Waals surface area (Å²) in [6.07, 6.45) is 1.26. The van der Waals surface area contributed by atoms with Crippen LogP contribution in [-0.2, 0) is 0 Å². The lowest BCUT2D eigenvalue weighted by Gasteiger charge is -2.04. The molecule has 0 atom stereocenters. The van der Waals surface area contributed by atoms with Crippen LogP contribution in [0.1, 0.15) is 22.5 Å². The molecule has 0 unspecified atom stereocenters. The first-order chi connectivity index (χ1) is 10.8. The van der Waals surface area contributed by atoms with Gasteiger partial charge in [-0.1, -0.05) is 24.3 Å². The Morgan fingerprint density at radius 2 is 1.82 bits per heavy atom. The third-order valence-corrected chi connectivity index (χ3v) is 5.40. The van der Waals surface area contributed by atoms with Crippen LogP contribution in [0.2, 0.25) is 0 Å². The van der Waals surface area contributed by atoms with Crippen molar-refractivity contribution in [2.24, 2.45) is 0 Å². The first-order valence-electron chi connectivity index (χ1n) is 7.18. The fourth-order valence-electron chi connectivity index (χ4n) is 2.10. The van der Waals surface area contributed by atoms with Gasteiger partial charge in [-0.15, -0.1) is 22.7 Å². The van der Waals surface area contributed by atoms with Crippen molar-refractivity contribution in [2.75, 3.05) is 6.61 Å². The molecular formula is C18H16O2S2. The molecule has 0 radical (unpaired) electrons. The van der Waals surface area contributed by atoms with Crippen molar-refractivity contribution in [3.8, 4) is 15.5 Å². The highest BCUT2D eigenvalue weighted by molar-refractivity contribution is 7.22. The van der Waals surface area contributed by atoms with Crippen molar-refractivity contribution in [3.05, 3.63) is 64.9 Å². The summed E-state index contributed by atoms with van der Waals surface area (Å²) in [6.45, 7) is 0.568. The van der Waals surface area contributed by atoms with Crippen molar-refractivity contribution in [1.29, 1.82) is 0 Å². The third kappa shape index (κ3) is 3.84. The SMILES string of the molecule is O=C(CCCOc1ccccc1)c1ccc(-c2cccs2)s1. The van der Waals surface area contributed by atoms with Crippen LogP contribution in [0.5, 0.6) is 5.75 Å². The monoisotopic (exact) mass is 328 g/mol. The normalized spacial score (nSPS) is 10.5. The predicted octanol–water partition coefficient (Wildman–Crippen LogP) is 5.52. The molecule has 0 aliphatic heterocycles. The molecule has 22 heavy (non-hydrogen) atoms. The van der Waals surface area contributed by atoms with Gasteiger partial charge in [-0.3, -0.25) is 4.79 Å². The Morgan fingerprint density at radius 1 is 0.955 bits per heavy atom. The summed E-state index contributed by atoms with van der Waals surface area (Å²) in [7, 11) is 0. The number of carbonyl (C=O) groups is 1. The molecule has 2 aromatic heterocycles. The largest absolute Gasteiger partial charge is 0.494 e. The van der Waals surface area contributed by atoms with Crippen molar-refractivity contribution in [1.82, 2.24) is 0 Å². The number of Topliss-reactive ketones (excluding diaryl/α,β-unsaturated/α-hetero) is 1. The van der Waals surface area contributed by atoms with E-state index in [9.17, 15) is 4.79 Å². The lowest BCUT2D eigenvalue weighted by molar-refractivity contribution is 0.0977. The molecule has 3 aromatic rings. The summed E-state index contributed by atoms with van der Waals surface area (Å²) in [5.41, 5.74) is 0. The summed E-state index contributed by atoms with van der Waals surface area (Å²) < 4.78 is 5.61. The minimum absolute atomic E-state index is 0.199. The Labute approximate surface area is 138 Å². The number of benzene rings is 1. The first kappa shape index (κ1) is 15.0. The first-order valence-corrected chi connectivity index (χ1v) is 8.87. The van der Waals surface area contributed by atoms with Crippen molar-refractivity contribution in [3.63, 3.8) is 0 Å². The van der Waals surface area contributed by atoms with Crippen LogP contribution in [0, 0.1) is 0 Å². The number of hydrogen-bond acceptors (Lipinski definition) is 4. The van der Waals surface area contributed by atoms with Gasteiger partial charge in [0, 0.05) is 16.2 Å². The van der Waals surface area contributed by atoms with Gasteiger partial charge in [0.05, 0.1) is 11.5 Å². The second kappa shape index (κ2) is 7.38. The second-order valence-corrected chi connectivity index (χ2v) is 6.86. The number of hydrogen-bond donors (Lipinski definition) is 0. The third-order valence-electron chi connectivity index (χ3n) is 3.20. The van der Waals surface area contributed by atoms with Crippen molar-refractivity contribution >= 4 is 28.5 Å². The smallest absolute Gasteiger partial charge is 0.172 e. The van der Waals surface area contributed by atoms with Gasteiger partial charge in [0.2, 0.25) is 0 Å². The fourth-order valence-corrected chi connectivity index (χ4v) is 3.91. The second-order valence-electron chi connectivity index (χ2n) is 4.83. The standard InChI is InChI=1S/C18H16O2S2/c19-15(8-4-12-20-14-6-2-1-3-7-14)16-10-11-18(22-16)17-9-5-13-21-17/h1-3,5-7,9-11,13H,4,8,12H2. The molecule has 0 N–H and O–H groups in total. The Morgan fingerprint density at radius 3 is 2.59 bits per heavy atom. The summed E-state index contributed by atoms with van der Waals surface area (Å²) in [6, 6.07) is 17.8. The van der Waals surface area contributed by atoms with Gasteiger partial charge in [-0.05, 0) is 42.1 Å². The molecular weight excluding hydrogens is 312 g/mol. The molecule has 0 saturated heterocycles. The maximum atomic E-state index is 12.2. The number of rotatable bonds is 7. The molecule has 112 valence electrons. The summed E-state index contributed by atoms with van der Waals surface area (Å²) >= 11 is 3.27. The van der Waals surface area contributed by atoms with E-state index in [1.807, 2.05) is 48.5 Å². The number of carbonyl (C=O) groups excluding carboxylic acids is 1. The minimum Gasteiger partial charge on any atom is -0.494 e. The number of thiophene rings is 2. The zero-order valence-electron chi connectivity index (χ0n) is 12.0. The minimum atomic E-state index is 0.199. The quantitative estimate of drug-likeness (QED) is 0.422. The van der Waals surface area contributed by atoms with E-state index in [4.69, 9.17) is 4.74 Å². The van der Waals surface area contributed by atoms with Gasteiger partial charge in [0.1, 0.15) is 5.75 Å². The maximum absolute atomic E-state index is 12.2. The zero-order valence-corrected chi connectivity index (χ0v) is 13.7. The van der Waals surface area contributed by atoms with Crippen molar-refractivity contribution < 1.29 is 9.53 Å². The highest BCUT2D eigenvalue weighted by atomic mass is 32.1. The molecule has 0 bridgehead atoms. The molecule has 4 heteroatoms. The van der Waals surface area contributed by atoms with Gasteiger partial charge >= 0.3 is 0 Å². The van der Waals surface area contributed by atoms with E-state index in [0.29, 0.717) is 13.0 Å². The molecule has 2 nitrogen and oxygen atoms in total. The van der Waals surface area contributed by atoms with E-state index in [0.717, 1.165) is 17.0 Å². The highest BCUT2D eigenvalue weighted by Gasteiger charge is 2.10. The average Bonchev–Trinajstić information content (AvgIpc) is 3.22. The summed E-state index contributed by atoms with van der Waals surface area (Å²) in [5, 5.41) is 2.05. The Hall–Kier alpha value is -1.91. The molecule has 0 amide bonds. The molecule has 0 aliphatic carbocycles. The van der Waals surface area contributed by atoms with Crippen LogP contribution >= 0.6 is 22.7 Å². The molecule has 0 spiro atoms. The van der Waals surface area contributed by atoms with Gasteiger partial charge in [-0.25, -0.2) is 0 Å². The predicted molar refractivity (Wildman–Crippen MR) is 93.1 cm³/mol. The number of ether oxygens (including phenoxy) is 1. The number of ketones is 1. The van der Waals surface area contributed by atoms with Crippen molar-refractivity contribution in [2.45, 2.75) is 12.8 Å². The van der Waals surface area contributed by atoms with Gasteiger partial charge in [0.15, 0.2) is 5.78 Å². The molecule has 3 rings (SSSR count). The summed E-state index contributed by atoms with van der Waals surface area (Å²) in [4.78, 5) is 15.4. The highest BCUT2D eigenvalue weighted by Crippen LogP contribution is 2.32. The van der Waals surface area contributed by atoms with E-state index >= 15 is 0 Å². The fraction of sp³-hybridized carbons (Fsp3) is 0.167. The molecule has 2 heterocycles. The van der Waals surface area contributed by atoms with Crippen LogP contribution in [-0.4, -0.2) is 12.4 Å². The van der Waals surface area contributed by atoms with Crippen LogP contribution in [0.3, 0.4) is 0 Å². The molecule has 0 aliphatic rings. The Bertz CT molecular complexity index is 715. The maximum Gasteiger partial charge on any atom is 0.172 e. The molecule has 0 fully saturated rings. The van der Waals surface area contributed by atoms with Crippen LogP contribution in [0.4, 0.5) is 0 Å². The van der Waals surface area contributed by atoms with Crippen LogP contribution in [0.15, 0.2) is 60.0 Å². The lowest BCUT2D eigenvalue weighted by atomic mass is 10.2. The molecule has 1 aromatic carbocycles. The van der Waals surface area contributed by atoms with Crippen LogP contribution in [0.25, 0.3) is 9.75 Å². The number of para-hydroxylation sites is 1. The van der Waals surface area contributed by atoms with E-state index in [2.05, 4.69) is 11.4 Å². The Kier molecular flexibility index (Phi) is 5.03. The van der Waals surface area contributed by atoms with E-state index < -0.39 is 0 Å². The lowest BCUT2D eigenvalue weighted by Crippen LogP contribution is -2.02. The van der Waals surface area contributed by atoms with E-state index in [-0.39, 0.29) is 5.78 Å².